The molecule has 0 amide bonds. The molecule has 0 aliphatic heterocycles. The van der Waals surface area contributed by atoms with E-state index in [9.17, 15) is 8.42 Å². The Hall–Kier alpha value is -3.88. The quantitative estimate of drug-likeness (QED) is 0.213. The summed E-state index contributed by atoms with van der Waals surface area (Å²) >= 11 is 1.69. The topological polar surface area (TPSA) is 69.8 Å². The summed E-state index contributed by atoms with van der Waals surface area (Å²) in [6.07, 6.45) is 0. The SMILES string of the molecule is CC.CC.Cn1c(S(=O)(=O)c2ccccc2)nc2ccccc21.Cn1c(Sc2ccccc2)nc2ccccc21. The summed E-state index contributed by atoms with van der Waals surface area (Å²) in [6.45, 7) is 8.00. The lowest BCUT2D eigenvalue weighted by atomic mass is 10.3. The number of nitrogens with zero attached hydrogens (tertiary/aromatic N) is 4. The number of hydrogen-bond acceptors (Lipinski definition) is 5. The third kappa shape index (κ3) is 6.81. The van der Waals surface area contributed by atoms with Crippen LogP contribution in [0.4, 0.5) is 0 Å². The number of rotatable bonds is 4. The van der Waals surface area contributed by atoms with E-state index in [2.05, 4.69) is 39.8 Å². The second-order valence-electron chi connectivity index (χ2n) is 8.12. The number of aromatic nitrogens is 4. The van der Waals surface area contributed by atoms with Crippen LogP contribution in [-0.4, -0.2) is 27.5 Å². The summed E-state index contributed by atoms with van der Waals surface area (Å²) in [4.78, 5) is 10.3. The zero-order chi connectivity index (χ0) is 29.1. The molecular formula is C32H36N4O2S2. The molecule has 208 valence electrons. The van der Waals surface area contributed by atoms with Gasteiger partial charge in [0.2, 0.25) is 15.0 Å². The maximum absolute atomic E-state index is 12.5. The monoisotopic (exact) mass is 572 g/mol. The lowest BCUT2D eigenvalue weighted by Gasteiger charge is -2.04. The fourth-order valence-electron chi connectivity index (χ4n) is 3.88. The minimum atomic E-state index is -3.58. The Morgan fingerprint density at radius 2 is 1.02 bits per heavy atom. The van der Waals surface area contributed by atoms with Crippen LogP contribution in [0.15, 0.2) is 129 Å². The summed E-state index contributed by atoms with van der Waals surface area (Å²) in [5.74, 6) is 0. The number of benzene rings is 4. The summed E-state index contributed by atoms with van der Waals surface area (Å²) in [5.41, 5.74) is 3.70. The van der Waals surface area contributed by atoms with E-state index in [0.717, 1.165) is 16.2 Å². The fourth-order valence-corrected chi connectivity index (χ4v) is 6.16. The molecule has 0 atom stereocenters. The highest BCUT2D eigenvalue weighted by Crippen LogP contribution is 2.29. The van der Waals surface area contributed by atoms with Gasteiger partial charge in [0.05, 0.1) is 27.0 Å². The van der Waals surface area contributed by atoms with Crippen LogP contribution in [0.2, 0.25) is 0 Å². The normalized spacial score (nSPS) is 10.6. The largest absolute Gasteiger partial charge is 0.322 e. The van der Waals surface area contributed by atoms with Crippen molar-refractivity contribution in [3.63, 3.8) is 0 Å². The van der Waals surface area contributed by atoms with E-state index in [0.29, 0.717) is 5.52 Å². The van der Waals surface area contributed by atoms with E-state index < -0.39 is 9.84 Å². The van der Waals surface area contributed by atoms with Crippen molar-refractivity contribution >= 4 is 43.7 Å². The van der Waals surface area contributed by atoms with Gasteiger partial charge in [0.25, 0.3) is 0 Å². The van der Waals surface area contributed by atoms with Crippen LogP contribution in [0.25, 0.3) is 22.1 Å². The van der Waals surface area contributed by atoms with Crippen LogP contribution in [0.5, 0.6) is 0 Å². The van der Waals surface area contributed by atoms with E-state index in [4.69, 9.17) is 0 Å². The van der Waals surface area contributed by atoms with Crippen molar-refractivity contribution in [3.05, 3.63) is 109 Å². The molecule has 40 heavy (non-hydrogen) atoms. The molecule has 0 saturated carbocycles. The average Bonchev–Trinajstić information content (AvgIpc) is 3.53. The van der Waals surface area contributed by atoms with Gasteiger partial charge in [-0.2, -0.15) is 0 Å². The smallest absolute Gasteiger partial charge is 0.240 e. The van der Waals surface area contributed by atoms with Crippen LogP contribution >= 0.6 is 11.8 Å². The molecule has 0 bridgehead atoms. The minimum absolute atomic E-state index is 0.0694. The molecule has 0 saturated heterocycles. The van der Waals surface area contributed by atoms with Gasteiger partial charge in [0.15, 0.2) is 5.16 Å². The number of sulfone groups is 1. The maximum Gasteiger partial charge on any atom is 0.240 e. The first-order valence-electron chi connectivity index (χ1n) is 13.3. The Labute approximate surface area is 241 Å². The highest BCUT2D eigenvalue weighted by molar-refractivity contribution is 7.99. The van der Waals surface area contributed by atoms with Gasteiger partial charge < -0.3 is 9.13 Å². The predicted octanol–water partition coefficient (Wildman–Crippen LogP) is 8.18. The lowest BCUT2D eigenvalue weighted by Crippen LogP contribution is -2.08. The Balaban J connectivity index is 0.000000197. The Morgan fingerprint density at radius 1 is 0.575 bits per heavy atom. The van der Waals surface area contributed by atoms with Crippen molar-refractivity contribution in [2.45, 2.75) is 47.8 Å². The molecule has 0 aliphatic carbocycles. The van der Waals surface area contributed by atoms with E-state index in [1.165, 1.54) is 10.4 Å². The number of aryl methyl sites for hydroxylation is 2. The van der Waals surface area contributed by atoms with Crippen molar-refractivity contribution in [2.24, 2.45) is 14.1 Å². The fraction of sp³-hybridized carbons (Fsp3) is 0.188. The zero-order valence-corrected chi connectivity index (χ0v) is 25.4. The van der Waals surface area contributed by atoms with E-state index in [1.54, 1.807) is 59.8 Å². The van der Waals surface area contributed by atoms with Crippen molar-refractivity contribution in [1.82, 2.24) is 19.1 Å². The molecule has 0 radical (unpaired) electrons. The second kappa shape index (κ2) is 14.5. The third-order valence-electron chi connectivity index (χ3n) is 5.74. The standard InChI is InChI=1S/C14H12N2O2S.C14H12N2S.2C2H6/c1-16-13-10-6-5-9-12(13)15-14(16)19(17,18)11-7-3-2-4-8-11;1-16-13-10-6-5-9-12(13)15-14(16)17-11-7-3-2-4-8-11;2*1-2/h2-10H,1H3;2-10H,1H3;2*1-2H3. The van der Waals surface area contributed by atoms with Crippen LogP contribution in [0.3, 0.4) is 0 Å². The first-order chi connectivity index (χ1) is 19.4. The van der Waals surface area contributed by atoms with Gasteiger partial charge in [-0.1, -0.05) is 100 Å². The first kappa shape index (κ1) is 30.7. The molecule has 0 unspecified atom stereocenters. The molecule has 0 fully saturated rings. The number of hydrogen-bond donors (Lipinski definition) is 0. The van der Waals surface area contributed by atoms with Crippen molar-refractivity contribution in [2.75, 3.05) is 0 Å². The molecule has 4 aromatic carbocycles. The Kier molecular flexibility index (Phi) is 11.1. The highest BCUT2D eigenvalue weighted by atomic mass is 32.2. The van der Waals surface area contributed by atoms with Crippen molar-refractivity contribution in [1.29, 1.82) is 0 Å². The van der Waals surface area contributed by atoms with Crippen molar-refractivity contribution in [3.8, 4) is 0 Å². The molecule has 0 N–H and O–H groups in total. The third-order valence-corrected chi connectivity index (χ3v) is 8.53. The van der Waals surface area contributed by atoms with Gasteiger partial charge in [-0.25, -0.2) is 18.4 Å². The molecule has 6 rings (SSSR count). The average molecular weight is 573 g/mol. The molecular weight excluding hydrogens is 537 g/mol. The molecule has 6 nitrogen and oxygen atoms in total. The summed E-state index contributed by atoms with van der Waals surface area (Å²) < 4.78 is 28.8. The van der Waals surface area contributed by atoms with Crippen LogP contribution in [-0.2, 0) is 23.9 Å². The van der Waals surface area contributed by atoms with E-state index >= 15 is 0 Å². The van der Waals surface area contributed by atoms with Crippen LogP contribution in [0, 0.1) is 0 Å². The van der Waals surface area contributed by atoms with Crippen molar-refractivity contribution < 1.29 is 8.42 Å². The second-order valence-corrected chi connectivity index (χ2v) is 11.0. The minimum Gasteiger partial charge on any atom is -0.322 e. The molecule has 6 aromatic rings. The lowest BCUT2D eigenvalue weighted by molar-refractivity contribution is 0.581. The van der Waals surface area contributed by atoms with Crippen LogP contribution < -0.4 is 0 Å². The summed E-state index contributed by atoms with van der Waals surface area (Å²) in [5, 5.41) is 1.09. The molecule has 0 aliphatic rings. The predicted molar refractivity (Wildman–Crippen MR) is 167 cm³/mol. The summed E-state index contributed by atoms with van der Waals surface area (Å²) in [6, 6.07) is 34.2. The van der Waals surface area contributed by atoms with E-state index in [1.807, 2.05) is 82.3 Å². The molecule has 0 spiro atoms. The highest BCUT2D eigenvalue weighted by Gasteiger charge is 2.24. The molecule has 2 aromatic heterocycles. The zero-order valence-electron chi connectivity index (χ0n) is 23.8. The Morgan fingerprint density at radius 3 is 1.55 bits per heavy atom. The van der Waals surface area contributed by atoms with E-state index in [-0.39, 0.29) is 10.1 Å². The first-order valence-corrected chi connectivity index (χ1v) is 15.6. The summed E-state index contributed by atoms with van der Waals surface area (Å²) in [7, 11) is 0.190. The van der Waals surface area contributed by atoms with Crippen LogP contribution in [0.1, 0.15) is 27.7 Å². The van der Waals surface area contributed by atoms with Gasteiger partial charge in [-0.15, -0.1) is 0 Å². The van der Waals surface area contributed by atoms with Gasteiger partial charge in [-0.3, -0.25) is 0 Å². The number of imidazole rings is 2. The Bertz CT molecular complexity index is 1740. The van der Waals surface area contributed by atoms with Gasteiger partial charge >= 0.3 is 0 Å². The van der Waals surface area contributed by atoms with Gasteiger partial charge in [0.1, 0.15) is 0 Å². The number of para-hydroxylation sites is 4. The molecule has 8 heteroatoms. The van der Waals surface area contributed by atoms with Gasteiger partial charge in [-0.05, 0) is 48.5 Å². The van der Waals surface area contributed by atoms with Gasteiger partial charge in [0, 0.05) is 19.0 Å². The number of fused-ring (bicyclic) bond motifs is 2. The molecule has 2 heterocycles. The maximum atomic E-state index is 12.5.